The second-order valence-corrected chi connectivity index (χ2v) is 7.95. The molecule has 9 heteroatoms. The highest BCUT2D eigenvalue weighted by Crippen LogP contribution is 2.29. The summed E-state index contributed by atoms with van der Waals surface area (Å²) in [4.78, 5) is 11.8. The zero-order chi connectivity index (χ0) is 18.8. The summed E-state index contributed by atoms with van der Waals surface area (Å²) in [7, 11) is -3.96. The second kappa shape index (κ2) is 7.59. The molecule has 134 valence electrons. The highest BCUT2D eigenvalue weighted by atomic mass is 35.5. The Kier molecular flexibility index (Phi) is 5.92. The number of carboxylic acids is 1. The summed E-state index contributed by atoms with van der Waals surface area (Å²) in [5.41, 5.74) is 0.423. The SMILES string of the molecule is CS(=O)(=O)N(c1ccc(F)cc1)C(Cc1cccc(Cl)c1Cl)C(=O)O. The minimum Gasteiger partial charge on any atom is -0.480 e. The van der Waals surface area contributed by atoms with Crippen LogP contribution in [0.25, 0.3) is 0 Å². The lowest BCUT2D eigenvalue weighted by Crippen LogP contribution is -2.46. The summed E-state index contributed by atoms with van der Waals surface area (Å²) < 4.78 is 38.3. The Morgan fingerprint density at radius 3 is 2.32 bits per heavy atom. The number of sulfonamides is 1. The predicted octanol–water partition coefficient (Wildman–Crippen LogP) is 3.59. The van der Waals surface area contributed by atoms with Crippen LogP contribution in [-0.2, 0) is 21.2 Å². The van der Waals surface area contributed by atoms with E-state index in [1.54, 1.807) is 12.1 Å². The molecule has 1 unspecified atom stereocenters. The van der Waals surface area contributed by atoms with Gasteiger partial charge in [-0.25, -0.2) is 17.6 Å². The van der Waals surface area contributed by atoms with Gasteiger partial charge in [-0.1, -0.05) is 35.3 Å². The molecule has 0 aromatic heterocycles. The van der Waals surface area contributed by atoms with Gasteiger partial charge in [0.15, 0.2) is 0 Å². The minimum absolute atomic E-state index is 0.0365. The molecule has 0 heterocycles. The first-order valence-corrected chi connectivity index (χ1v) is 9.62. The van der Waals surface area contributed by atoms with E-state index in [1.807, 2.05) is 0 Å². The molecule has 0 saturated carbocycles. The van der Waals surface area contributed by atoms with Crippen LogP contribution in [0.4, 0.5) is 10.1 Å². The molecule has 1 atom stereocenters. The van der Waals surface area contributed by atoms with Crippen molar-refractivity contribution in [3.05, 3.63) is 63.9 Å². The van der Waals surface area contributed by atoms with Gasteiger partial charge < -0.3 is 5.11 Å². The first kappa shape index (κ1) is 19.5. The van der Waals surface area contributed by atoms with Crippen LogP contribution in [0.5, 0.6) is 0 Å². The number of carbonyl (C=O) groups is 1. The van der Waals surface area contributed by atoms with Crippen LogP contribution in [0.3, 0.4) is 0 Å². The van der Waals surface area contributed by atoms with Crippen molar-refractivity contribution >= 4 is 44.9 Å². The Bertz CT molecular complexity index is 888. The third-order valence-electron chi connectivity index (χ3n) is 3.45. The second-order valence-electron chi connectivity index (χ2n) is 5.31. The quantitative estimate of drug-likeness (QED) is 0.796. The molecule has 0 saturated heterocycles. The average molecular weight is 406 g/mol. The molecule has 5 nitrogen and oxygen atoms in total. The largest absolute Gasteiger partial charge is 0.480 e. The van der Waals surface area contributed by atoms with E-state index in [1.165, 1.54) is 18.2 Å². The Hall–Kier alpha value is -1.83. The summed E-state index contributed by atoms with van der Waals surface area (Å²) in [6.07, 6.45) is 0.672. The first-order chi connectivity index (χ1) is 11.6. The van der Waals surface area contributed by atoms with Crippen molar-refractivity contribution in [2.75, 3.05) is 10.6 Å². The zero-order valence-corrected chi connectivity index (χ0v) is 15.3. The van der Waals surface area contributed by atoms with Gasteiger partial charge in [0, 0.05) is 6.42 Å². The van der Waals surface area contributed by atoms with Gasteiger partial charge in [0.2, 0.25) is 10.0 Å². The van der Waals surface area contributed by atoms with Crippen molar-refractivity contribution < 1.29 is 22.7 Å². The number of hydrogen-bond acceptors (Lipinski definition) is 3. The lowest BCUT2D eigenvalue weighted by Gasteiger charge is -2.29. The van der Waals surface area contributed by atoms with Crippen molar-refractivity contribution in [2.24, 2.45) is 0 Å². The summed E-state index contributed by atoms with van der Waals surface area (Å²) in [6.45, 7) is 0. The van der Waals surface area contributed by atoms with Crippen molar-refractivity contribution in [1.82, 2.24) is 0 Å². The average Bonchev–Trinajstić information content (AvgIpc) is 2.51. The molecule has 2 aromatic carbocycles. The van der Waals surface area contributed by atoms with Crippen LogP contribution in [0.1, 0.15) is 5.56 Å². The van der Waals surface area contributed by atoms with E-state index in [9.17, 15) is 22.7 Å². The van der Waals surface area contributed by atoms with Crippen LogP contribution in [-0.4, -0.2) is 31.8 Å². The molecule has 0 radical (unpaired) electrons. The highest BCUT2D eigenvalue weighted by molar-refractivity contribution is 7.92. The number of halogens is 3. The zero-order valence-electron chi connectivity index (χ0n) is 13.0. The summed E-state index contributed by atoms with van der Waals surface area (Å²) >= 11 is 12.0. The molecule has 2 aromatic rings. The van der Waals surface area contributed by atoms with E-state index in [0.717, 1.165) is 22.7 Å². The third-order valence-corrected chi connectivity index (χ3v) is 5.49. The molecule has 2 rings (SSSR count). The van der Waals surface area contributed by atoms with Crippen LogP contribution in [0, 0.1) is 5.82 Å². The van der Waals surface area contributed by atoms with Crippen molar-refractivity contribution in [2.45, 2.75) is 12.5 Å². The van der Waals surface area contributed by atoms with Gasteiger partial charge in [-0.2, -0.15) is 0 Å². The van der Waals surface area contributed by atoms with E-state index < -0.39 is 27.9 Å². The highest BCUT2D eigenvalue weighted by Gasteiger charge is 2.33. The fraction of sp³-hybridized carbons (Fsp3) is 0.188. The van der Waals surface area contributed by atoms with Gasteiger partial charge >= 0.3 is 5.97 Å². The van der Waals surface area contributed by atoms with E-state index >= 15 is 0 Å². The lowest BCUT2D eigenvalue weighted by molar-refractivity contribution is -0.138. The molecule has 1 N–H and O–H groups in total. The van der Waals surface area contributed by atoms with Crippen molar-refractivity contribution in [1.29, 1.82) is 0 Å². The van der Waals surface area contributed by atoms with Crippen molar-refractivity contribution in [3.8, 4) is 0 Å². The predicted molar refractivity (Wildman–Crippen MR) is 95.3 cm³/mol. The Morgan fingerprint density at radius 2 is 1.80 bits per heavy atom. The maximum absolute atomic E-state index is 13.1. The Morgan fingerprint density at radius 1 is 1.20 bits per heavy atom. The van der Waals surface area contributed by atoms with Crippen LogP contribution >= 0.6 is 23.2 Å². The topological polar surface area (TPSA) is 74.7 Å². The van der Waals surface area contributed by atoms with E-state index in [-0.39, 0.29) is 22.2 Å². The normalized spacial score (nSPS) is 12.6. The molecular weight excluding hydrogens is 392 g/mol. The fourth-order valence-corrected chi connectivity index (χ4v) is 3.90. The monoisotopic (exact) mass is 405 g/mol. The molecule has 0 fully saturated rings. The number of hydrogen-bond donors (Lipinski definition) is 1. The molecule has 25 heavy (non-hydrogen) atoms. The van der Waals surface area contributed by atoms with Gasteiger partial charge in [-0.15, -0.1) is 0 Å². The molecule has 0 spiro atoms. The van der Waals surface area contributed by atoms with Gasteiger partial charge in [0.25, 0.3) is 0 Å². The van der Waals surface area contributed by atoms with Gasteiger partial charge in [-0.3, -0.25) is 4.31 Å². The van der Waals surface area contributed by atoms with Gasteiger partial charge in [0.05, 0.1) is 22.0 Å². The number of nitrogens with zero attached hydrogens (tertiary/aromatic N) is 1. The fourth-order valence-electron chi connectivity index (χ4n) is 2.38. The maximum atomic E-state index is 13.1. The Labute approximate surface area is 154 Å². The number of benzene rings is 2. The van der Waals surface area contributed by atoms with Gasteiger partial charge in [0.1, 0.15) is 11.9 Å². The minimum atomic E-state index is -3.96. The number of carboxylic acid groups (broad SMARTS) is 1. The lowest BCUT2D eigenvalue weighted by atomic mass is 10.1. The standard InChI is InChI=1S/C16H14Cl2FNO4S/c1-25(23,24)20(12-7-5-11(19)6-8-12)14(16(21)22)9-10-3-2-4-13(17)15(10)18/h2-8,14H,9H2,1H3,(H,21,22). The van der Waals surface area contributed by atoms with Crippen LogP contribution in [0.15, 0.2) is 42.5 Å². The van der Waals surface area contributed by atoms with Crippen LogP contribution in [0.2, 0.25) is 10.0 Å². The van der Waals surface area contributed by atoms with Crippen molar-refractivity contribution in [3.63, 3.8) is 0 Å². The number of rotatable bonds is 6. The van der Waals surface area contributed by atoms with E-state index in [2.05, 4.69) is 0 Å². The first-order valence-electron chi connectivity index (χ1n) is 7.02. The maximum Gasteiger partial charge on any atom is 0.327 e. The van der Waals surface area contributed by atoms with E-state index in [4.69, 9.17) is 23.2 Å². The number of anilines is 1. The van der Waals surface area contributed by atoms with E-state index in [0.29, 0.717) is 5.56 Å². The summed E-state index contributed by atoms with van der Waals surface area (Å²) in [5, 5.41) is 9.98. The molecule has 0 aliphatic carbocycles. The molecular formula is C16H14Cl2FNO4S. The third kappa shape index (κ3) is 4.62. The van der Waals surface area contributed by atoms with Crippen LogP contribution < -0.4 is 4.31 Å². The van der Waals surface area contributed by atoms with Gasteiger partial charge in [-0.05, 0) is 35.9 Å². The summed E-state index contributed by atoms with van der Waals surface area (Å²) in [5.74, 6) is -1.94. The number of aliphatic carboxylic acids is 1. The molecule has 0 bridgehead atoms. The molecule has 0 aliphatic heterocycles. The Balaban J connectivity index is 2.52. The summed E-state index contributed by atoms with van der Waals surface area (Å²) in [6, 6.07) is 7.73. The molecule has 0 amide bonds. The smallest absolute Gasteiger partial charge is 0.327 e. The molecule has 0 aliphatic rings.